The summed E-state index contributed by atoms with van der Waals surface area (Å²) in [5, 5.41) is 3.20. The number of benzene rings is 1. The normalized spacial score (nSPS) is 28.5. The molecule has 21 heavy (non-hydrogen) atoms. The smallest absolute Gasteiger partial charge is 0.220 e. The van der Waals surface area contributed by atoms with E-state index in [9.17, 15) is 4.79 Å². The van der Waals surface area contributed by atoms with Crippen molar-refractivity contribution in [1.82, 2.24) is 5.32 Å². The third-order valence-electron chi connectivity index (χ3n) is 5.45. The quantitative estimate of drug-likeness (QED) is 0.842. The van der Waals surface area contributed by atoms with Crippen LogP contribution in [0.2, 0.25) is 0 Å². The van der Waals surface area contributed by atoms with Crippen molar-refractivity contribution >= 4 is 5.91 Å². The van der Waals surface area contributed by atoms with Gasteiger partial charge in [0.15, 0.2) is 0 Å². The number of rotatable bonds is 6. The lowest BCUT2D eigenvalue weighted by atomic mass is 9.86. The van der Waals surface area contributed by atoms with Gasteiger partial charge in [-0.2, -0.15) is 0 Å². The van der Waals surface area contributed by atoms with E-state index in [4.69, 9.17) is 0 Å². The van der Waals surface area contributed by atoms with Crippen molar-refractivity contribution in [3.8, 4) is 0 Å². The van der Waals surface area contributed by atoms with Crippen LogP contribution in [-0.4, -0.2) is 11.9 Å². The Bertz CT molecular complexity index is 470. The summed E-state index contributed by atoms with van der Waals surface area (Å²) in [5.74, 6) is 2.72. The molecule has 1 amide bonds. The average Bonchev–Trinajstić information content (AvgIpc) is 3.08. The van der Waals surface area contributed by atoms with Gasteiger partial charge in [-0.3, -0.25) is 4.79 Å². The minimum Gasteiger partial charge on any atom is -0.354 e. The molecule has 2 saturated carbocycles. The Morgan fingerprint density at radius 1 is 1.24 bits per heavy atom. The number of nitrogens with one attached hydrogen (secondary N) is 1. The van der Waals surface area contributed by atoms with Crippen molar-refractivity contribution in [3.05, 3.63) is 35.9 Å². The molecule has 1 aromatic carbocycles. The van der Waals surface area contributed by atoms with Gasteiger partial charge in [0.1, 0.15) is 0 Å². The van der Waals surface area contributed by atoms with Gasteiger partial charge in [0.2, 0.25) is 5.91 Å². The van der Waals surface area contributed by atoms with Crippen LogP contribution in [-0.2, 0) is 11.2 Å². The lowest BCUT2D eigenvalue weighted by molar-refractivity contribution is -0.123. The maximum atomic E-state index is 12.2. The first kappa shape index (κ1) is 14.6. The highest BCUT2D eigenvalue weighted by Crippen LogP contribution is 2.49. The standard InChI is InChI=1S/C19H27NO/c1-14(7-8-15-5-3-2-4-6-15)20-19(21)13-18-12-16-9-10-17(18)11-16/h2-6,14,16-18H,7-13H2,1H3,(H,20,21)/t14-,16+,17+,18-/m1/s1. The minimum absolute atomic E-state index is 0.271. The molecule has 0 heterocycles. The topological polar surface area (TPSA) is 29.1 Å². The van der Waals surface area contributed by atoms with Gasteiger partial charge in [-0.05, 0) is 62.3 Å². The molecule has 1 aromatic rings. The molecule has 4 atom stereocenters. The number of carbonyl (C=O) groups is 1. The van der Waals surface area contributed by atoms with Crippen LogP contribution < -0.4 is 5.32 Å². The van der Waals surface area contributed by atoms with E-state index < -0.39 is 0 Å². The summed E-state index contributed by atoms with van der Waals surface area (Å²) in [7, 11) is 0. The highest BCUT2D eigenvalue weighted by Gasteiger charge is 2.40. The van der Waals surface area contributed by atoms with Gasteiger partial charge in [0, 0.05) is 12.5 Å². The third kappa shape index (κ3) is 3.87. The van der Waals surface area contributed by atoms with E-state index in [1.807, 2.05) is 6.07 Å². The first-order chi connectivity index (χ1) is 10.2. The molecule has 1 N–H and O–H groups in total. The molecular weight excluding hydrogens is 258 g/mol. The molecule has 0 aromatic heterocycles. The monoisotopic (exact) mass is 285 g/mol. The van der Waals surface area contributed by atoms with Crippen molar-refractivity contribution < 1.29 is 4.79 Å². The zero-order valence-corrected chi connectivity index (χ0v) is 13.1. The molecular formula is C19H27NO. The number of hydrogen-bond acceptors (Lipinski definition) is 1. The summed E-state index contributed by atoms with van der Waals surface area (Å²) >= 11 is 0. The Labute approximate surface area is 128 Å². The number of carbonyl (C=O) groups excluding carboxylic acids is 1. The summed E-state index contributed by atoms with van der Waals surface area (Å²) in [6.07, 6.45) is 8.29. The van der Waals surface area contributed by atoms with E-state index in [1.165, 1.54) is 31.2 Å². The Balaban J connectivity index is 1.38. The van der Waals surface area contributed by atoms with E-state index in [2.05, 4.69) is 36.5 Å². The van der Waals surface area contributed by atoms with E-state index >= 15 is 0 Å². The maximum Gasteiger partial charge on any atom is 0.220 e. The molecule has 2 heteroatoms. The largest absolute Gasteiger partial charge is 0.354 e. The van der Waals surface area contributed by atoms with Gasteiger partial charge in [-0.25, -0.2) is 0 Å². The third-order valence-corrected chi connectivity index (χ3v) is 5.45. The van der Waals surface area contributed by atoms with E-state index in [0.29, 0.717) is 5.92 Å². The number of amides is 1. The fraction of sp³-hybridized carbons (Fsp3) is 0.632. The molecule has 0 spiro atoms. The van der Waals surface area contributed by atoms with Gasteiger partial charge in [-0.15, -0.1) is 0 Å². The Morgan fingerprint density at radius 3 is 2.71 bits per heavy atom. The van der Waals surface area contributed by atoms with Crippen LogP contribution in [0, 0.1) is 17.8 Å². The van der Waals surface area contributed by atoms with Crippen LogP contribution in [0.1, 0.15) is 51.0 Å². The van der Waals surface area contributed by atoms with Gasteiger partial charge in [0.05, 0.1) is 0 Å². The van der Waals surface area contributed by atoms with Gasteiger partial charge < -0.3 is 5.32 Å². The Morgan fingerprint density at radius 2 is 2.05 bits per heavy atom. The molecule has 114 valence electrons. The summed E-state index contributed by atoms with van der Waals surface area (Å²) in [6.45, 7) is 2.13. The minimum atomic E-state index is 0.271. The first-order valence-electron chi connectivity index (χ1n) is 8.54. The van der Waals surface area contributed by atoms with Crippen molar-refractivity contribution in [2.24, 2.45) is 17.8 Å². The second-order valence-electron chi connectivity index (χ2n) is 7.13. The van der Waals surface area contributed by atoms with Crippen LogP contribution in [0.3, 0.4) is 0 Å². The first-order valence-corrected chi connectivity index (χ1v) is 8.54. The second kappa shape index (κ2) is 6.64. The average molecular weight is 285 g/mol. The van der Waals surface area contributed by atoms with Crippen molar-refractivity contribution in [1.29, 1.82) is 0 Å². The zero-order chi connectivity index (χ0) is 14.7. The van der Waals surface area contributed by atoms with E-state index in [-0.39, 0.29) is 11.9 Å². The molecule has 0 aliphatic heterocycles. The van der Waals surface area contributed by atoms with Crippen LogP contribution in [0.5, 0.6) is 0 Å². The van der Waals surface area contributed by atoms with Crippen molar-refractivity contribution in [2.75, 3.05) is 0 Å². The molecule has 2 bridgehead atoms. The molecule has 3 rings (SSSR count). The van der Waals surface area contributed by atoms with Crippen molar-refractivity contribution in [2.45, 2.75) is 57.9 Å². The Hall–Kier alpha value is -1.31. The molecule has 2 aliphatic carbocycles. The van der Waals surface area contributed by atoms with Gasteiger partial charge >= 0.3 is 0 Å². The number of aryl methyl sites for hydroxylation is 1. The van der Waals surface area contributed by atoms with Crippen LogP contribution in [0.4, 0.5) is 0 Å². The van der Waals surface area contributed by atoms with Crippen LogP contribution >= 0.6 is 0 Å². The number of fused-ring (bicyclic) bond motifs is 2. The fourth-order valence-corrected chi connectivity index (χ4v) is 4.30. The van der Waals surface area contributed by atoms with E-state index in [0.717, 1.165) is 31.1 Å². The Kier molecular flexibility index (Phi) is 4.62. The predicted molar refractivity (Wildman–Crippen MR) is 85.9 cm³/mol. The van der Waals surface area contributed by atoms with Gasteiger partial charge in [0.25, 0.3) is 0 Å². The molecule has 2 aliphatic rings. The van der Waals surface area contributed by atoms with E-state index in [1.54, 1.807) is 0 Å². The fourth-order valence-electron chi connectivity index (χ4n) is 4.30. The van der Waals surface area contributed by atoms with Crippen LogP contribution in [0.15, 0.2) is 30.3 Å². The molecule has 0 unspecified atom stereocenters. The van der Waals surface area contributed by atoms with Crippen LogP contribution in [0.25, 0.3) is 0 Å². The molecule has 2 fully saturated rings. The highest BCUT2D eigenvalue weighted by molar-refractivity contribution is 5.76. The lowest BCUT2D eigenvalue weighted by Gasteiger charge is -2.22. The van der Waals surface area contributed by atoms with Gasteiger partial charge in [-0.1, -0.05) is 36.8 Å². The summed E-state index contributed by atoms with van der Waals surface area (Å²) in [6, 6.07) is 10.8. The summed E-state index contributed by atoms with van der Waals surface area (Å²) < 4.78 is 0. The zero-order valence-electron chi connectivity index (χ0n) is 13.1. The molecule has 2 nitrogen and oxygen atoms in total. The second-order valence-corrected chi connectivity index (χ2v) is 7.13. The highest BCUT2D eigenvalue weighted by atomic mass is 16.1. The predicted octanol–water partition coefficient (Wildman–Crippen LogP) is 3.95. The lowest BCUT2D eigenvalue weighted by Crippen LogP contribution is -2.34. The summed E-state index contributed by atoms with van der Waals surface area (Å²) in [5.41, 5.74) is 1.35. The molecule has 0 saturated heterocycles. The number of hydrogen-bond donors (Lipinski definition) is 1. The maximum absolute atomic E-state index is 12.2. The van der Waals surface area contributed by atoms with Crippen molar-refractivity contribution in [3.63, 3.8) is 0 Å². The summed E-state index contributed by atoms with van der Waals surface area (Å²) in [4.78, 5) is 12.2. The SMILES string of the molecule is C[C@H](CCc1ccccc1)NC(=O)C[C@H]1C[C@H]2CC[C@H]1C2. The molecule has 0 radical (unpaired) electrons.